The van der Waals surface area contributed by atoms with Crippen LogP contribution in [0, 0.1) is 5.92 Å². The van der Waals surface area contributed by atoms with Crippen LogP contribution in [0.25, 0.3) is 0 Å². The average molecular weight is 306 g/mol. The molecule has 0 bridgehead atoms. The Kier molecular flexibility index (Phi) is 5.46. The maximum atomic E-state index is 4.38. The SMILES string of the molecule is CCN=CN1CCC(C(c2ccccc2)c2ccccc2)CC1. The van der Waals surface area contributed by atoms with Gasteiger partial charge in [-0.3, -0.25) is 4.99 Å². The molecule has 0 amide bonds. The molecule has 2 heteroatoms. The molecule has 1 heterocycles. The van der Waals surface area contributed by atoms with E-state index >= 15 is 0 Å². The lowest BCUT2D eigenvalue weighted by molar-refractivity contribution is 0.254. The quantitative estimate of drug-likeness (QED) is 0.583. The van der Waals surface area contributed by atoms with Crippen molar-refractivity contribution in [2.75, 3.05) is 19.6 Å². The van der Waals surface area contributed by atoms with Gasteiger partial charge in [-0.05, 0) is 36.8 Å². The van der Waals surface area contributed by atoms with Crippen molar-refractivity contribution in [3.63, 3.8) is 0 Å². The Bertz CT molecular complexity index is 559. The van der Waals surface area contributed by atoms with Crippen LogP contribution in [0.15, 0.2) is 65.7 Å². The standard InChI is InChI=1S/C21H26N2/c1-2-22-17-23-15-13-20(14-16-23)21(18-9-5-3-6-10-18)19-11-7-4-8-12-19/h3-12,17,20-21H,2,13-16H2,1H3. The van der Waals surface area contributed by atoms with Crippen molar-refractivity contribution in [1.82, 2.24) is 4.90 Å². The minimum Gasteiger partial charge on any atom is -0.363 e. The van der Waals surface area contributed by atoms with Gasteiger partial charge in [0.2, 0.25) is 0 Å². The van der Waals surface area contributed by atoms with Gasteiger partial charge < -0.3 is 4.90 Å². The number of aliphatic imine (C=N–C) groups is 1. The second-order valence-corrected chi connectivity index (χ2v) is 6.29. The van der Waals surface area contributed by atoms with E-state index in [2.05, 4.69) is 77.5 Å². The summed E-state index contributed by atoms with van der Waals surface area (Å²) in [6.07, 6.45) is 4.49. The normalized spacial score (nSPS) is 16.3. The molecule has 2 aromatic rings. The minimum atomic E-state index is 0.502. The third-order valence-electron chi connectivity index (χ3n) is 4.79. The summed E-state index contributed by atoms with van der Waals surface area (Å²) in [6, 6.07) is 22.0. The van der Waals surface area contributed by atoms with Gasteiger partial charge in [0, 0.05) is 25.6 Å². The molecule has 0 saturated carbocycles. The van der Waals surface area contributed by atoms with Crippen LogP contribution in [-0.4, -0.2) is 30.9 Å². The predicted molar refractivity (Wildman–Crippen MR) is 98.1 cm³/mol. The zero-order valence-electron chi connectivity index (χ0n) is 13.9. The first-order valence-electron chi connectivity index (χ1n) is 8.72. The van der Waals surface area contributed by atoms with E-state index in [9.17, 15) is 0 Å². The Morgan fingerprint density at radius 2 is 1.48 bits per heavy atom. The minimum absolute atomic E-state index is 0.502. The van der Waals surface area contributed by atoms with E-state index in [4.69, 9.17) is 0 Å². The molecule has 0 aliphatic carbocycles. The fourth-order valence-electron chi connectivity index (χ4n) is 3.62. The molecule has 3 rings (SSSR count). The maximum absolute atomic E-state index is 4.38. The molecule has 0 radical (unpaired) electrons. The first-order chi connectivity index (χ1) is 11.4. The monoisotopic (exact) mass is 306 g/mol. The molecule has 1 fully saturated rings. The molecule has 2 nitrogen and oxygen atoms in total. The van der Waals surface area contributed by atoms with Gasteiger partial charge in [0.05, 0.1) is 6.34 Å². The molecule has 120 valence electrons. The molecule has 2 aromatic carbocycles. The summed E-state index contributed by atoms with van der Waals surface area (Å²) in [6.45, 7) is 5.19. The molecule has 0 spiro atoms. The van der Waals surface area contributed by atoms with Crippen LogP contribution in [0.1, 0.15) is 36.8 Å². The Labute approximate surface area is 139 Å². The van der Waals surface area contributed by atoms with Crippen molar-refractivity contribution in [2.24, 2.45) is 10.9 Å². The lowest BCUT2D eigenvalue weighted by Crippen LogP contribution is -2.35. The van der Waals surface area contributed by atoms with Crippen LogP contribution >= 0.6 is 0 Å². The summed E-state index contributed by atoms with van der Waals surface area (Å²) in [5.41, 5.74) is 2.89. The molecule has 0 unspecified atom stereocenters. The summed E-state index contributed by atoms with van der Waals surface area (Å²) in [5, 5.41) is 0. The summed E-state index contributed by atoms with van der Waals surface area (Å²) >= 11 is 0. The first-order valence-corrected chi connectivity index (χ1v) is 8.72. The van der Waals surface area contributed by atoms with Crippen molar-refractivity contribution < 1.29 is 0 Å². The molecule has 1 saturated heterocycles. The summed E-state index contributed by atoms with van der Waals surface area (Å²) < 4.78 is 0. The molecule has 1 aliphatic heterocycles. The van der Waals surface area contributed by atoms with Gasteiger partial charge in [-0.1, -0.05) is 60.7 Å². The van der Waals surface area contributed by atoms with Crippen molar-refractivity contribution in [1.29, 1.82) is 0 Å². The van der Waals surface area contributed by atoms with E-state index in [0.717, 1.165) is 19.6 Å². The highest BCUT2D eigenvalue weighted by Crippen LogP contribution is 2.37. The highest BCUT2D eigenvalue weighted by Gasteiger charge is 2.28. The number of rotatable bonds is 5. The summed E-state index contributed by atoms with van der Waals surface area (Å²) in [7, 11) is 0. The Balaban J connectivity index is 1.79. The molecule has 23 heavy (non-hydrogen) atoms. The molecule has 0 atom stereocenters. The van der Waals surface area contributed by atoms with E-state index < -0.39 is 0 Å². The highest BCUT2D eigenvalue weighted by atomic mass is 15.1. The Morgan fingerprint density at radius 1 is 0.957 bits per heavy atom. The van der Waals surface area contributed by atoms with E-state index in [1.54, 1.807) is 0 Å². The van der Waals surface area contributed by atoms with Crippen molar-refractivity contribution >= 4 is 6.34 Å². The summed E-state index contributed by atoms with van der Waals surface area (Å²) in [4.78, 5) is 6.75. The Hall–Kier alpha value is -2.09. The van der Waals surface area contributed by atoms with E-state index in [1.165, 1.54) is 24.0 Å². The van der Waals surface area contributed by atoms with Gasteiger partial charge in [-0.2, -0.15) is 0 Å². The zero-order chi connectivity index (χ0) is 15.9. The van der Waals surface area contributed by atoms with Crippen LogP contribution < -0.4 is 0 Å². The van der Waals surface area contributed by atoms with E-state index in [0.29, 0.717) is 11.8 Å². The smallest absolute Gasteiger partial charge is 0.0849 e. The van der Waals surface area contributed by atoms with Crippen LogP contribution in [0.4, 0.5) is 0 Å². The van der Waals surface area contributed by atoms with Crippen molar-refractivity contribution in [3.05, 3.63) is 71.8 Å². The molecular weight excluding hydrogens is 280 g/mol. The molecule has 0 N–H and O–H groups in total. The lowest BCUT2D eigenvalue weighted by atomic mass is 9.76. The predicted octanol–water partition coefficient (Wildman–Crippen LogP) is 4.58. The topological polar surface area (TPSA) is 15.6 Å². The van der Waals surface area contributed by atoms with Crippen LogP contribution in [0.5, 0.6) is 0 Å². The first kappa shape index (κ1) is 15.8. The van der Waals surface area contributed by atoms with Gasteiger partial charge in [0.1, 0.15) is 0 Å². The second-order valence-electron chi connectivity index (χ2n) is 6.29. The zero-order valence-corrected chi connectivity index (χ0v) is 13.9. The number of benzene rings is 2. The fourth-order valence-corrected chi connectivity index (χ4v) is 3.62. The number of hydrogen-bond donors (Lipinski definition) is 0. The van der Waals surface area contributed by atoms with E-state index in [-0.39, 0.29) is 0 Å². The number of nitrogens with zero attached hydrogens (tertiary/aromatic N) is 2. The Morgan fingerprint density at radius 3 is 1.96 bits per heavy atom. The number of hydrogen-bond acceptors (Lipinski definition) is 1. The van der Waals surface area contributed by atoms with Crippen molar-refractivity contribution in [2.45, 2.75) is 25.7 Å². The molecule has 0 aromatic heterocycles. The van der Waals surface area contributed by atoms with Crippen LogP contribution in [-0.2, 0) is 0 Å². The van der Waals surface area contributed by atoms with Crippen LogP contribution in [0.3, 0.4) is 0 Å². The fraction of sp³-hybridized carbons (Fsp3) is 0.381. The van der Waals surface area contributed by atoms with Gasteiger partial charge in [-0.15, -0.1) is 0 Å². The summed E-state index contributed by atoms with van der Waals surface area (Å²) in [5.74, 6) is 1.20. The van der Waals surface area contributed by atoms with Gasteiger partial charge in [0.15, 0.2) is 0 Å². The molecular formula is C21H26N2. The van der Waals surface area contributed by atoms with E-state index in [1.807, 2.05) is 6.34 Å². The largest absolute Gasteiger partial charge is 0.363 e. The number of piperidine rings is 1. The van der Waals surface area contributed by atoms with Gasteiger partial charge >= 0.3 is 0 Å². The van der Waals surface area contributed by atoms with Gasteiger partial charge in [-0.25, -0.2) is 0 Å². The second kappa shape index (κ2) is 7.96. The van der Waals surface area contributed by atoms with Gasteiger partial charge in [0.25, 0.3) is 0 Å². The third-order valence-corrected chi connectivity index (χ3v) is 4.79. The highest BCUT2D eigenvalue weighted by molar-refractivity contribution is 5.55. The van der Waals surface area contributed by atoms with Crippen molar-refractivity contribution in [3.8, 4) is 0 Å². The molecule has 1 aliphatic rings. The van der Waals surface area contributed by atoms with Crippen LogP contribution in [0.2, 0.25) is 0 Å². The average Bonchev–Trinajstić information content (AvgIpc) is 2.63. The number of likely N-dealkylation sites (tertiary alicyclic amines) is 1. The third kappa shape index (κ3) is 4.01. The maximum Gasteiger partial charge on any atom is 0.0849 e. The lowest BCUT2D eigenvalue weighted by Gasteiger charge is -2.36.